The number of hydrogen-bond donors (Lipinski definition) is 0. The number of anilines is 1. The van der Waals surface area contributed by atoms with Crippen LogP contribution in [0.4, 0.5) is 5.69 Å². The van der Waals surface area contributed by atoms with Crippen LogP contribution < -0.4 is 14.4 Å². The lowest BCUT2D eigenvalue weighted by atomic mass is 10.2. The summed E-state index contributed by atoms with van der Waals surface area (Å²) in [7, 11) is -2.85. The zero-order chi connectivity index (χ0) is 27.3. The van der Waals surface area contributed by atoms with Crippen LogP contribution in [0.15, 0.2) is 77.7 Å². The van der Waals surface area contributed by atoms with Crippen molar-refractivity contribution in [2.24, 2.45) is 0 Å². The molecule has 1 amide bonds. The molecule has 0 bridgehead atoms. The van der Waals surface area contributed by atoms with E-state index in [1.807, 2.05) is 25.1 Å². The van der Waals surface area contributed by atoms with E-state index in [4.69, 9.17) is 14.2 Å². The second kappa shape index (κ2) is 11.7. The smallest absolute Gasteiger partial charge is 0.348 e. The van der Waals surface area contributed by atoms with Crippen molar-refractivity contribution in [1.29, 1.82) is 0 Å². The van der Waals surface area contributed by atoms with Gasteiger partial charge >= 0.3 is 5.97 Å². The fourth-order valence-corrected chi connectivity index (χ4v) is 5.69. The Morgan fingerprint density at radius 2 is 1.76 bits per heavy atom. The number of nitrogens with zero attached hydrogens (tertiary/aromatic N) is 2. The van der Waals surface area contributed by atoms with Crippen molar-refractivity contribution >= 4 is 27.6 Å². The number of amides is 1. The number of benzene rings is 3. The van der Waals surface area contributed by atoms with E-state index < -0.39 is 34.5 Å². The van der Waals surface area contributed by atoms with Gasteiger partial charge in [-0.05, 0) is 55.3 Å². The van der Waals surface area contributed by atoms with Crippen molar-refractivity contribution in [2.45, 2.75) is 31.4 Å². The van der Waals surface area contributed by atoms with Crippen molar-refractivity contribution in [3.05, 3.63) is 83.9 Å². The van der Waals surface area contributed by atoms with Gasteiger partial charge in [-0.15, -0.1) is 0 Å². The summed E-state index contributed by atoms with van der Waals surface area (Å²) in [6, 6.07) is 20.5. The number of fused-ring (bicyclic) bond motifs is 1. The molecule has 0 N–H and O–H groups in total. The molecule has 4 rings (SSSR count). The van der Waals surface area contributed by atoms with Crippen LogP contribution in [0.2, 0.25) is 0 Å². The molecular weight excluding hydrogens is 508 g/mol. The zero-order valence-corrected chi connectivity index (χ0v) is 22.3. The minimum absolute atomic E-state index is 0.0202. The maximum atomic E-state index is 13.9. The quantitative estimate of drug-likeness (QED) is 0.384. The number of esters is 1. The molecule has 1 aliphatic heterocycles. The number of hydrogen-bond acceptors (Lipinski definition) is 7. The Balaban J connectivity index is 1.68. The number of carbonyl (C=O) groups excluding carboxylic acids is 2. The van der Waals surface area contributed by atoms with Gasteiger partial charge in [-0.25, -0.2) is 13.2 Å². The van der Waals surface area contributed by atoms with E-state index in [-0.39, 0.29) is 18.0 Å². The minimum Gasteiger partial charge on any atom is -0.494 e. The van der Waals surface area contributed by atoms with Gasteiger partial charge in [0.25, 0.3) is 0 Å². The fraction of sp³-hybridized carbons (Fsp3) is 0.286. The predicted octanol–water partition coefficient (Wildman–Crippen LogP) is 3.55. The fourth-order valence-electron chi connectivity index (χ4n) is 4.22. The molecular formula is C28H30N2O7S. The topological polar surface area (TPSA) is 102 Å². The van der Waals surface area contributed by atoms with Crippen LogP contribution in [-0.4, -0.2) is 57.5 Å². The Bertz CT molecular complexity index is 1410. The highest BCUT2D eigenvalue weighted by Crippen LogP contribution is 2.34. The summed E-state index contributed by atoms with van der Waals surface area (Å²) in [6.45, 7) is 3.50. The van der Waals surface area contributed by atoms with E-state index in [0.717, 1.165) is 9.87 Å². The average molecular weight is 539 g/mol. The van der Waals surface area contributed by atoms with E-state index in [0.29, 0.717) is 29.4 Å². The molecule has 0 spiro atoms. The molecule has 10 heteroatoms. The standard InChI is InChI=1S/C28H30N2O7S/c1-4-36-24-15-14-22(16-20(24)2)38(33,34)29(17-21-10-6-5-7-11-21)19-27(31)30-18-26(28(32)35-3)37-25-13-9-8-12-23(25)30/h5-16,26H,4,17-19H2,1-3H3/t26-/m0/s1. The predicted molar refractivity (Wildman–Crippen MR) is 142 cm³/mol. The number of methoxy groups -OCH3 is 1. The lowest BCUT2D eigenvalue weighted by Crippen LogP contribution is -2.50. The highest BCUT2D eigenvalue weighted by molar-refractivity contribution is 7.89. The van der Waals surface area contributed by atoms with E-state index in [9.17, 15) is 18.0 Å². The molecule has 3 aromatic carbocycles. The van der Waals surface area contributed by atoms with Crippen LogP contribution in [0.25, 0.3) is 0 Å². The number of aryl methyl sites for hydroxylation is 1. The van der Waals surface area contributed by atoms with Gasteiger partial charge in [0.05, 0.1) is 37.4 Å². The van der Waals surface area contributed by atoms with Gasteiger partial charge < -0.3 is 19.1 Å². The molecule has 200 valence electrons. The monoisotopic (exact) mass is 538 g/mol. The molecule has 0 radical (unpaired) electrons. The normalized spacial score (nSPS) is 14.9. The Morgan fingerprint density at radius 1 is 1.05 bits per heavy atom. The Hall–Kier alpha value is -3.89. The molecule has 0 saturated carbocycles. The Morgan fingerprint density at radius 3 is 2.45 bits per heavy atom. The number of sulfonamides is 1. The van der Waals surface area contributed by atoms with Crippen molar-refractivity contribution in [2.75, 3.05) is 31.7 Å². The molecule has 1 aliphatic rings. The first-order chi connectivity index (χ1) is 18.2. The molecule has 1 heterocycles. The summed E-state index contributed by atoms with van der Waals surface area (Å²) < 4.78 is 45.0. The summed E-state index contributed by atoms with van der Waals surface area (Å²) in [5, 5.41) is 0. The first kappa shape index (κ1) is 27.2. The summed E-state index contributed by atoms with van der Waals surface area (Å²) in [6.07, 6.45) is -1.04. The summed E-state index contributed by atoms with van der Waals surface area (Å²) >= 11 is 0. The highest BCUT2D eigenvalue weighted by atomic mass is 32.2. The lowest BCUT2D eigenvalue weighted by molar-refractivity contribution is -0.148. The maximum absolute atomic E-state index is 13.9. The van der Waals surface area contributed by atoms with E-state index in [1.54, 1.807) is 55.5 Å². The van der Waals surface area contributed by atoms with Crippen molar-refractivity contribution < 1.29 is 32.2 Å². The second-order valence-corrected chi connectivity index (χ2v) is 10.7. The van der Waals surface area contributed by atoms with E-state index in [2.05, 4.69) is 0 Å². The van der Waals surface area contributed by atoms with Gasteiger partial charge in [0, 0.05) is 6.54 Å². The minimum atomic E-state index is -4.09. The van der Waals surface area contributed by atoms with Crippen LogP contribution in [0.5, 0.6) is 11.5 Å². The molecule has 0 aliphatic carbocycles. The molecule has 0 fully saturated rings. The van der Waals surface area contributed by atoms with Crippen LogP contribution >= 0.6 is 0 Å². The summed E-state index contributed by atoms with van der Waals surface area (Å²) in [5.41, 5.74) is 1.84. The molecule has 9 nitrogen and oxygen atoms in total. The third-order valence-electron chi connectivity index (χ3n) is 6.14. The van der Waals surface area contributed by atoms with Gasteiger partial charge in [0.1, 0.15) is 11.5 Å². The van der Waals surface area contributed by atoms with Gasteiger partial charge in [-0.3, -0.25) is 4.79 Å². The van der Waals surface area contributed by atoms with Gasteiger partial charge in [0.2, 0.25) is 22.0 Å². The van der Waals surface area contributed by atoms with Gasteiger partial charge in [0.15, 0.2) is 0 Å². The zero-order valence-electron chi connectivity index (χ0n) is 21.5. The second-order valence-electron chi connectivity index (χ2n) is 8.72. The SMILES string of the molecule is CCOc1ccc(S(=O)(=O)N(CC(=O)N2C[C@@H](C(=O)OC)Oc3ccccc32)Cc2ccccc2)cc1C. The summed E-state index contributed by atoms with van der Waals surface area (Å²) in [5.74, 6) is -0.203. The number of ether oxygens (including phenoxy) is 3. The van der Waals surface area contributed by atoms with Gasteiger partial charge in [-0.1, -0.05) is 42.5 Å². The highest BCUT2D eigenvalue weighted by Gasteiger charge is 2.36. The van der Waals surface area contributed by atoms with Crippen LogP contribution in [0, 0.1) is 6.92 Å². The summed E-state index contributed by atoms with van der Waals surface area (Å²) in [4.78, 5) is 27.4. The van der Waals surface area contributed by atoms with Crippen LogP contribution in [-0.2, 0) is 30.9 Å². The largest absolute Gasteiger partial charge is 0.494 e. The van der Waals surface area contributed by atoms with Crippen molar-refractivity contribution in [3.8, 4) is 11.5 Å². The molecule has 0 saturated heterocycles. The Kier molecular flexibility index (Phi) is 8.33. The average Bonchev–Trinajstić information content (AvgIpc) is 2.93. The van der Waals surface area contributed by atoms with Crippen LogP contribution in [0.1, 0.15) is 18.1 Å². The third kappa shape index (κ3) is 5.81. The van der Waals surface area contributed by atoms with Crippen LogP contribution in [0.3, 0.4) is 0 Å². The van der Waals surface area contributed by atoms with Gasteiger partial charge in [-0.2, -0.15) is 4.31 Å². The lowest BCUT2D eigenvalue weighted by Gasteiger charge is -2.34. The first-order valence-electron chi connectivity index (χ1n) is 12.2. The third-order valence-corrected chi connectivity index (χ3v) is 7.92. The molecule has 3 aromatic rings. The maximum Gasteiger partial charge on any atom is 0.348 e. The molecule has 38 heavy (non-hydrogen) atoms. The molecule has 0 aromatic heterocycles. The first-order valence-corrected chi connectivity index (χ1v) is 13.6. The Labute approximate surface area is 222 Å². The molecule has 1 atom stereocenters. The van der Waals surface area contributed by atoms with E-state index in [1.165, 1.54) is 18.1 Å². The number of rotatable bonds is 9. The van der Waals surface area contributed by atoms with Crippen molar-refractivity contribution in [3.63, 3.8) is 0 Å². The van der Waals surface area contributed by atoms with E-state index >= 15 is 0 Å². The molecule has 0 unspecified atom stereocenters. The number of para-hydroxylation sites is 2. The van der Waals surface area contributed by atoms with Crippen molar-refractivity contribution in [1.82, 2.24) is 4.31 Å². The number of carbonyl (C=O) groups is 2.